The van der Waals surface area contributed by atoms with Gasteiger partial charge in [-0.25, -0.2) is 0 Å². The summed E-state index contributed by atoms with van der Waals surface area (Å²) in [7, 11) is 0. The normalized spacial score (nSPS) is 11.0. The Morgan fingerprint density at radius 1 is 1.10 bits per heavy atom. The number of aromatic hydroxyl groups is 1. The average molecular weight is 284 g/mol. The molecular weight excluding hydrogens is 264 g/mol. The summed E-state index contributed by atoms with van der Waals surface area (Å²) in [4.78, 5) is 6.45. The van der Waals surface area contributed by atoms with Crippen molar-refractivity contribution in [1.29, 1.82) is 0 Å². The fourth-order valence-electron chi connectivity index (χ4n) is 2.08. The van der Waals surface area contributed by atoms with Crippen molar-refractivity contribution in [3.05, 3.63) is 54.1 Å². The molecule has 0 unspecified atom stereocenters. The molecule has 21 heavy (non-hydrogen) atoms. The number of para-hydroxylation sites is 1. The number of aliphatic hydroxyl groups excluding tert-OH is 1. The zero-order valence-electron chi connectivity index (χ0n) is 12.1. The highest BCUT2D eigenvalue weighted by Crippen LogP contribution is 2.20. The maximum atomic E-state index is 9.67. The van der Waals surface area contributed by atoms with Gasteiger partial charge in [-0.15, -0.1) is 0 Å². The summed E-state index contributed by atoms with van der Waals surface area (Å²) in [5.74, 6) is 0.220. The van der Waals surface area contributed by atoms with Crippen LogP contribution in [0.4, 0.5) is 11.4 Å². The van der Waals surface area contributed by atoms with E-state index in [9.17, 15) is 5.11 Å². The Bertz CT molecular complexity index is 594. The second kappa shape index (κ2) is 7.45. The van der Waals surface area contributed by atoms with Crippen LogP contribution in [-0.2, 0) is 0 Å². The van der Waals surface area contributed by atoms with Crippen LogP contribution in [0.25, 0.3) is 0 Å². The number of hydrogen-bond acceptors (Lipinski definition) is 4. The fourth-order valence-corrected chi connectivity index (χ4v) is 2.08. The zero-order valence-corrected chi connectivity index (χ0v) is 12.1. The standard InChI is InChI=1S/C17H20N2O2/c1-2-19(11-12-20)16-9-7-15(8-10-16)18-13-14-5-3-4-6-17(14)21/h3-10,13,20-21H,2,11-12H2,1H3. The van der Waals surface area contributed by atoms with Gasteiger partial charge in [0.05, 0.1) is 12.3 Å². The lowest BCUT2D eigenvalue weighted by Gasteiger charge is -2.21. The predicted molar refractivity (Wildman–Crippen MR) is 86.8 cm³/mol. The molecule has 0 aliphatic heterocycles. The molecule has 0 saturated heterocycles. The number of rotatable bonds is 6. The van der Waals surface area contributed by atoms with Crippen LogP contribution in [-0.4, -0.2) is 36.1 Å². The van der Waals surface area contributed by atoms with Gasteiger partial charge < -0.3 is 15.1 Å². The lowest BCUT2D eigenvalue weighted by molar-refractivity contribution is 0.302. The minimum atomic E-state index is 0.140. The van der Waals surface area contributed by atoms with E-state index in [-0.39, 0.29) is 12.4 Å². The van der Waals surface area contributed by atoms with Gasteiger partial charge in [-0.3, -0.25) is 4.99 Å². The number of aliphatic imine (C=N–C) groups is 1. The number of phenols is 1. The van der Waals surface area contributed by atoms with Gasteiger partial charge in [-0.1, -0.05) is 12.1 Å². The number of benzene rings is 2. The topological polar surface area (TPSA) is 56.1 Å². The first kappa shape index (κ1) is 15.1. The lowest BCUT2D eigenvalue weighted by Crippen LogP contribution is -2.25. The van der Waals surface area contributed by atoms with Crippen molar-refractivity contribution in [2.75, 3.05) is 24.6 Å². The summed E-state index contributed by atoms with van der Waals surface area (Å²) in [5.41, 5.74) is 2.58. The van der Waals surface area contributed by atoms with Crippen molar-refractivity contribution in [3.63, 3.8) is 0 Å². The molecule has 2 rings (SSSR count). The minimum absolute atomic E-state index is 0.140. The Hall–Kier alpha value is -2.33. The Morgan fingerprint density at radius 3 is 2.43 bits per heavy atom. The van der Waals surface area contributed by atoms with Crippen LogP contribution in [0.1, 0.15) is 12.5 Å². The van der Waals surface area contributed by atoms with Gasteiger partial charge in [0.25, 0.3) is 0 Å². The SMILES string of the molecule is CCN(CCO)c1ccc(N=Cc2ccccc2O)cc1. The molecule has 0 spiro atoms. The van der Waals surface area contributed by atoms with Gasteiger partial charge in [0.15, 0.2) is 0 Å². The van der Waals surface area contributed by atoms with Crippen molar-refractivity contribution in [1.82, 2.24) is 0 Å². The molecule has 2 aromatic rings. The first-order valence-corrected chi connectivity index (χ1v) is 7.02. The van der Waals surface area contributed by atoms with Crippen LogP contribution in [0.5, 0.6) is 5.75 Å². The van der Waals surface area contributed by atoms with Crippen LogP contribution in [0, 0.1) is 0 Å². The van der Waals surface area contributed by atoms with Crippen molar-refractivity contribution < 1.29 is 10.2 Å². The molecule has 0 aliphatic carbocycles. The molecule has 0 atom stereocenters. The molecule has 2 aromatic carbocycles. The molecular formula is C17H20N2O2. The van der Waals surface area contributed by atoms with Crippen molar-refractivity contribution in [2.45, 2.75) is 6.92 Å². The van der Waals surface area contributed by atoms with E-state index < -0.39 is 0 Å². The Balaban J connectivity index is 2.11. The summed E-state index contributed by atoms with van der Waals surface area (Å²) in [6.45, 7) is 3.67. The average Bonchev–Trinajstić information content (AvgIpc) is 2.52. The van der Waals surface area contributed by atoms with Crippen molar-refractivity contribution in [2.24, 2.45) is 4.99 Å². The van der Waals surface area contributed by atoms with E-state index in [1.54, 1.807) is 18.3 Å². The first-order chi connectivity index (χ1) is 10.2. The second-order valence-electron chi connectivity index (χ2n) is 4.64. The maximum absolute atomic E-state index is 9.67. The Labute approximate surface area is 125 Å². The molecule has 0 bridgehead atoms. The third kappa shape index (κ3) is 4.07. The minimum Gasteiger partial charge on any atom is -0.507 e. The molecule has 4 heteroatoms. The van der Waals surface area contributed by atoms with Gasteiger partial charge in [0.2, 0.25) is 0 Å². The third-order valence-corrected chi connectivity index (χ3v) is 3.26. The van der Waals surface area contributed by atoms with E-state index in [2.05, 4.69) is 16.8 Å². The largest absolute Gasteiger partial charge is 0.507 e. The molecule has 0 amide bonds. The smallest absolute Gasteiger partial charge is 0.124 e. The molecule has 110 valence electrons. The number of nitrogens with zero attached hydrogens (tertiary/aromatic N) is 2. The van der Waals surface area contributed by atoms with Crippen LogP contribution in [0.2, 0.25) is 0 Å². The molecule has 0 aromatic heterocycles. The summed E-state index contributed by atoms with van der Waals surface area (Å²) >= 11 is 0. The van der Waals surface area contributed by atoms with Crippen LogP contribution < -0.4 is 4.90 Å². The Morgan fingerprint density at radius 2 is 1.81 bits per heavy atom. The van der Waals surface area contributed by atoms with Crippen molar-refractivity contribution in [3.8, 4) is 5.75 Å². The monoisotopic (exact) mass is 284 g/mol. The summed E-state index contributed by atoms with van der Waals surface area (Å²) in [6, 6.07) is 14.9. The van der Waals surface area contributed by atoms with E-state index in [0.29, 0.717) is 12.1 Å². The maximum Gasteiger partial charge on any atom is 0.124 e. The Kier molecular flexibility index (Phi) is 5.35. The quantitative estimate of drug-likeness (QED) is 0.802. The number of aliphatic hydroxyl groups is 1. The van der Waals surface area contributed by atoms with Gasteiger partial charge in [0, 0.05) is 30.6 Å². The van der Waals surface area contributed by atoms with E-state index in [4.69, 9.17) is 5.11 Å². The molecule has 0 radical (unpaired) electrons. The first-order valence-electron chi connectivity index (χ1n) is 7.02. The molecule has 0 fully saturated rings. The highest BCUT2D eigenvalue weighted by molar-refractivity contribution is 5.85. The van der Waals surface area contributed by atoms with E-state index >= 15 is 0 Å². The molecule has 4 nitrogen and oxygen atoms in total. The highest BCUT2D eigenvalue weighted by atomic mass is 16.3. The van der Waals surface area contributed by atoms with Crippen LogP contribution >= 0.6 is 0 Å². The summed E-state index contributed by atoms with van der Waals surface area (Å²) in [5, 5.41) is 18.7. The molecule has 0 saturated carbocycles. The zero-order chi connectivity index (χ0) is 15.1. The highest BCUT2D eigenvalue weighted by Gasteiger charge is 2.02. The predicted octanol–water partition coefficient (Wildman–Crippen LogP) is 2.96. The van der Waals surface area contributed by atoms with Gasteiger partial charge in [0.1, 0.15) is 5.75 Å². The number of likely N-dealkylation sites (N-methyl/N-ethyl adjacent to an activating group) is 1. The summed E-state index contributed by atoms with van der Waals surface area (Å²) < 4.78 is 0. The van der Waals surface area contributed by atoms with Gasteiger partial charge >= 0.3 is 0 Å². The van der Waals surface area contributed by atoms with Crippen LogP contribution in [0.15, 0.2) is 53.5 Å². The van der Waals surface area contributed by atoms with Gasteiger partial charge in [-0.05, 0) is 43.3 Å². The van der Waals surface area contributed by atoms with E-state index in [1.165, 1.54) is 0 Å². The lowest BCUT2D eigenvalue weighted by atomic mass is 10.2. The van der Waals surface area contributed by atoms with E-state index in [1.807, 2.05) is 36.4 Å². The molecule has 0 aliphatic rings. The van der Waals surface area contributed by atoms with Gasteiger partial charge in [-0.2, -0.15) is 0 Å². The fraction of sp³-hybridized carbons (Fsp3) is 0.235. The number of hydrogen-bond donors (Lipinski definition) is 2. The molecule has 2 N–H and O–H groups in total. The number of anilines is 1. The van der Waals surface area contributed by atoms with E-state index in [0.717, 1.165) is 17.9 Å². The molecule has 0 heterocycles. The van der Waals surface area contributed by atoms with Crippen molar-refractivity contribution >= 4 is 17.6 Å². The second-order valence-corrected chi connectivity index (χ2v) is 4.64. The third-order valence-electron chi connectivity index (χ3n) is 3.26. The summed E-state index contributed by atoms with van der Waals surface area (Å²) in [6.07, 6.45) is 1.65. The number of phenolic OH excluding ortho intramolecular Hbond substituents is 1. The van der Waals surface area contributed by atoms with Crippen LogP contribution in [0.3, 0.4) is 0 Å².